The highest BCUT2D eigenvalue weighted by Gasteiger charge is 2.16. The molecule has 1 heterocycles. The molecule has 1 N–H and O–H groups in total. The Labute approximate surface area is 148 Å². The monoisotopic (exact) mass is 388 g/mol. The van der Waals surface area contributed by atoms with Gasteiger partial charge in [-0.25, -0.2) is 0 Å². The van der Waals surface area contributed by atoms with Crippen LogP contribution in [0.2, 0.25) is 0 Å². The van der Waals surface area contributed by atoms with E-state index in [9.17, 15) is 10.1 Å². The number of nitrogens with one attached hydrogen (secondary N) is 1. The Hall–Kier alpha value is -2.52. The maximum Gasteiger partial charge on any atom is 0.266 e. The van der Waals surface area contributed by atoms with Crippen LogP contribution in [-0.2, 0) is 0 Å². The maximum absolute atomic E-state index is 12.0. The van der Waals surface area contributed by atoms with Gasteiger partial charge in [0.2, 0.25) is 0 Å². The first-order valence-corrected chi connectivity index (χ1v) is 8.15. The third-order valence-corrected chi connectivity index (χ3v) is 3.83. The number of ether oxygens (including phenoxy) is 2. The van der Waals surface area contributed by atoms with Gasteiger partial charge in [-0.2, -0.15) is 5.26 Å². The molecule has 0 spiro atoms. The van der Waals surface area contributed by atoms with Crippen molar-refractivity contribution in [3.8, 4) is 28.7 Å². The molecule has 0 aliphatic heterocycles. The number of pyridine rings is 1. The number of aromatic nitrogens is 1. The van der Waals surface area contributed by atoms with E-state index in [2.05, 4.69) is 27.5 Å². The lowest BCUT2D eigenvalue weighted by atomic mass is 10.0. The number of rotatable bonds is 6. The molecule has 0 bridgehead atoms. The zero-order chi connectivity index (χ0) is 17.7. The quantitative estimate of drug-likeness (QED) is 0.760. The molecule has 1 aromatic carbocycles. The number of aryl methyl sites for hydroxylation is 1. The van der Waals surface area contributed by atoms with Crippen molar-refractivity contribution in [1.29, 1.82) is 5.26 Å². The van der Waals surface area contributed by atoms with Crippen LogP contribution in [0.25, 0.3) is 11.1 Å². The van der Waals surface area contributed by atoms with E-state index < -0.39 is 5.56 Å². The molecule has 24 heavy (non-hydrogen) atoms. The van der Waals surface area contributed by atoms with Gasteiger partial charge < -0.3 is 14.5 Å². The van der Waals surface area contributed by atoms with Crippen LogP contribution in [0, 0.1) is 18.3 Å². The molecular weight excluding hydrogens is 372 g/mol. The van der Waals surface area contributed by atoms with Gasteiger partial charge in [-0.05, 0) is 53.5 Å². The number of nitrogens with zero attached hydrogens (tertiary/aromatic N) is 1. The van der Waals surface area contributed by atoms with E-state index in [1.54, 1.807) is 31.2 Å². The van der Waals surface area contributed by atoms with Gasteiger partial charge in [0.05, 0.1) is 11.1 Å². The highest BCUT2D eigenvalue weighted by Crippen LogP contribution is 2.40. The highest BCUT2D eigenvalue weighted by molar-refractivity contribution is 9.10. The molecule has 0 atom stereocenters. The molecule has 0 aliphatic rings. The molecule has 0 saturated heterocycles. The van der Waals surface area contributed by atoms with Gasteiger partial charge in [-0.1, -0.05) is 12.7 Å². The van der Waals surface area contributed by atoms with Crippen LogP contribution in [0.5, 0.6) is 11.5 Å². The van der Waals surface area contributed by atoms with Gasteiger partial charge in [0, 0.05) is 11.3 Å². The Kier molecular flexibility index (Phi) is 5.83. The van der Waals surface area contributed by atoms with Gasteiger partial charge in [0.15, 0.2) is 11.5 Å². The normalized spacial score (nSPS) is 10.1. The first-order valence-electron chi connectivity index (χ1n) is 7.36. The van der Waals surface area contributed by atoms with Crippen LogP contribution in [0.4, 0.5) is 0 Å². The molecule has 2 rings (SSSR count). The molecule has 0 radical (unpaired) electrons. The number of hydrogen-bond donors (Lipinski definition) is 1. The van der Waals surface area contributed by atoms with E-state index in [-0.39, 0.29) is 5.56 Å². The molecule has 5 nitrogen and oxygen atoms in total. The van der Waals surface area contributed by atoms with Crippen molar-refractivity contribution in [2.75, 3.05) is 13.2 Å². The van der Waals surface area contributed by atoms with Crippen molar-refractivity contribution in [3.63, 3.8) is 0 Å². The summed E-state index contributed by atoms with van der Waals surface area (Å²) in [4.78, 5) is 14.6. The van der Waals surface area contributed by atoms with Crippen molar-refractivity contribution in [1.82, 2.24) is 4.98 Å². The van der Waals surface area contributed by atoms with Crippen LogP contribution in [0.15, 0.2) is 40.1 Å². The van der Waals surface area contributed by atoms with Crippen LogP contribution < -0.4 is 15.0 Å². The van der Waals surface area contributed by atoms with E-state index in [1.165, 1.54) is 0 Å². The Morgan fingerprint density at radius 3 is 2.75 bits per heavy atom. The second-order valence-electron chi connectivity index (χ2n) is 5.00. The Bertz CT molecular complexity index is 866. The minimum atomic E-state index is -0.409. The molecule has 124 valence electrons. The fraction of sp³-hybridized carbons (Fsp3) is 0.222. The van der Waals surface area contributed by atoms with Crippen molar-refractivity contribution in [2.45, 2.75) is 13.8 Å². The van der Waals surface area contributed by atoms with Crippen molar-refractivity contribution in [3.05, 3.63) is 56.9 Å². The maximum atomic E-state index is 12.0. The molecule has 6 heteroatoms. The summed E-state index contributed by atoms with van der Waals surface area (Å²) >= 11 is 3.47. The zero-order valence-electron chi connectivity index (χ0n) is 13.5. The number of halogens is 1. The molecule has 0 aliphatic carbocycles. The lowest BCUT2D eigenvalue weighted by Gasteiger charge is -2.15. The Morgan fingerprint density at radius 2 is 2.12 bits per heavy atom. The summed E-state index contributed by atoms with van der Waals surface area (Å²) in [5, 5.41) is 9.32. The number of aromatic amines is 1. The van der Waals surface area contributed by atoms with Gasteiger partial charge in [0.1, 0.15) is 18.2 Å². The largest absolute Gasteiger partial charge is 0.490 e. The van der Waals surface area contributed by atoms with Crippen LogP contribution in [0.3, 0.4) is 0 Å². The summed E-state index contributed by atoms with van der Waals surface area (Å²) < 4.78 is 12.0. The second-order valence-corrected chi connectivity index (χ2v) is 5.85. The summed E-state index contributed by atoms with van der Waals surface area (Å²) in [7, 11) is 0. The van der Waals surface area contributed by atoms with E-state index >= 15 is 0 Å². The first kappa shape index (κ1) is 17.8. The first-order chi connectivity index (χ1) is 11.5. The smallest absolute Gasteiger partial charge is 0.266 e. The van der Waals surface area contributed by atoms with Gasteiger partial charge in [0.25, 0.3) is 5.56 Å². The topological polar surface area (TPSA) is 75.1 Å². The number of hydrogen-bond acceptors (Lipinski definition) is 4. The fourth-order valence-electron chi connectivity index (χ4n) is 2.30. The van der Waals surface area contributed by atoms with Crippen LogP contribution in [-0.4, -0.2) is 18.2 Å². The van der Waals surface area contributed by atoms with Crippen molar-refractivity contribution < 1.29 is 9.47 Å². The van der Waals surface area contributed by atoms with Crippen molar-refractivity contribution in [2.24, 2.45) is 0 Å². The fourth-order valence-corrected chi connectivity index (χ4v) is 2.85. The average Bonchev–Trinajstić information content (AvgIpc) is 2.53. The van der Waals surface area contributed by atoms with Crippen LogP contribution >= 0.6 is 15.9 Å². The van der Waals surface area contributed by atoms with E-state index in [1.807, 2.05) is 13.0 Å². The standard InChI is InChI=1S/C18H17BrN2O3/c1-4-6-24-17-15(19)8-12(9-16(17)23-5-2)13-7-11(3)21-18(22)14(13)10-20/h4,7-9H,1,5-6H2,2-3H3,(H,21,22). The van der Waals surface area contributed by atoms with Crippen LogP contribution in [0.1, 0.15) is 18.2 Å². The lowest BCUT2D eigenvalue weighted by Crippen LogP contribution is -2.12. The van der Waals surface area contributed by atoms with E-state index in [4.69, 9.17) is 9.47 Å². The second kappa shape index (κ2) is 7.84. The summed E-state index contributed by atoms with van der Waals surface area (Å²) in [6, 6.07) is 7.30. The number of benzene rings is 1. The van der Waals surface area contributed by atoms with E-state index in [0.717, 1.165) is 0 Å². The Morgan fingerprint density at radius 1 is 1.38 bits per heavy atom. The predicted molar refractivity (Wildman–Crippen MR) is 96.5 cm³/mol. The van der Waals surface area contributed by atoms with Crippen molar-refractivity contribution >= 4 is 15.9 Å². The van der Waals surface area contributed by atoms with Gasteiger partial charge >= 0.3 is 0 Å². The average molecular weight is 389 g/mol. The predicted octanol–water partition coefficient (Wildman–Crippen LogP) is 3.95. The highest BCUT2D eigenvalue weighted by atomic mass is 79.9. The summed E-state index contributed by atoms with van der Waals surface area (Å²) in [5.74, 6) is 1.09. The molecule has 2 aromatic rings. The number of nitriles is 1. The summed E-state index contributed by atoms with van der Waals surface area (Å²) in [6.45, 7) is 8.07. The van der Waals surface area contributed by atoms with Gasteiger partial charge in [-0.15, -0.1) is 0 Å². The molecule has 0 amide bonds. The molecule has 0 unspecified atom stereocenters. The third-order valence-electron chi connectivity index (χ3n) is 3.25. The van der Waals surface area contributed by atoms with Gasteiger partial charge in [-0.3, -0.25) is 4.79 Å². The number of H-pyrrole nitrogens is 1. The van der Waals surface area contributed by atoms with E-state index in [0.29, 0.717) is 46.0 Å². The minimum Gasteiger partial charge on any atom is -0.490 e. The summed E-state index contributed by atoms with van der Waals surface area (Å²) in [6.07, 6.45) is 1.64. The molecule has 0 saturated carbocycles. The zero-order valence-corrected chi connectivity index (χ0v) is 15.1. The molecule has 0 fully saturated rings. The summed E-state index contributed by atoms with van der Waals surface area (Å²) in [5.41, 5.74) is 1.58. The Balaban J connectivity index is 2.67. The third kappa shape index (κ3) is 3.69. The molecular formula is C18H17BrN2O3. The minimum absolute atomic E-state index is 0.0645. The molecule has 1 aromatic heterocycles. The lowest BCUT2D eigenvalue weighted by molar-refractivity contribution is 0.295. The SMILES string of the molecule is C=CCOc1c(Br)cc(-c2cc(C)[nH]c(=O)c2C#N)cc1OCC.